The van der Waals surface area contributed by atoms with E-state index in [4.69, 9.17) is 11.6 Å². The van der Waals surface area contributed by atoms with E-state index in [1.54, 1.807) is 0 Å². The molecule has 0 radical (unpaired) electrons. The van der Waals surface area contributed by atoms with E-state index in [2.05, 4.69) is 0 Å². The molecule has 0 saturated heterocycles. The summed E-state index contributed by atoms with van der Waals surface area (Å²) in [5.41, 5.74) is -0.700. The average molecular weight is 266 g/mol. The molecule has 1 N–H and O–H groups in total. The van der Waals surface area contributed by atoms with Crippen LogP contribution in [0.25, 0.3) is 0 Å². The summed E-state index contributed by atoms with van der Waals surface area (Å²) >= 11 is 5.07. The molecule has 1 aromatic rings. The van der Waals surface area contributed by atoms with Crippen LogP contribution in [0.2, 0.25) is 0 Å². The zero-order valence-corrected chi connectivity index (χ0v) is 9.32. The summed E-state index contributed by atoms with van der Waals surface area (Å²) in [5.74, 6) is -5.82. The fourth-order valence-corrected chi connectivity index (χ4v) is 1.09. The first kappa shape index (κ1) is 13.5. The third-order valence-corrected chi connectivity index (χ3v) is 2.30. The fourth-order valence-electron chi connectivity index (χ4n) is 1.03. The Labute approximate surface area is 99.6 Å². The van der Waals surface area contributed by atoms with Gasteiger partial charge in [0.15, 0.2) is 17.5 Å². The number of amides is 1. The minimum absolute atomic E-state index is 0.612. The molecular weight excluding hydrogens is 259 g/mol. The molecule has 1 aromatic carbocycles. The highest BCUT2D eigenvalue weighted by Gasteiger charge is 2.21. The highest BCUT2D eigenvalue weighted by atomic mass is 35.5. The Morgan fingerprint density at radius 3 is 2.35 bits per heavy atom. The quantitative estimate of drug-likeness (QED) is 0.671. The van der Waals surface area contributed by atoms with Crippen LogP contribution in [0.15, 0.2) is 12.1 Å². The van der Waals surface area contributed by atoms with Gasteiger partial charge in [-0.05, 0) is 30.7 Å². The van der Waals surface area contributed by atoms with Crippen LogP contribution in [-0.4, -0.2) is 17.2 Å². The zero-order valence-electron chi connectivity index (χ0n) is 8.56. The molecule has 92 valence electrons. The van der Waals surface area contributed by atoms with E-state index in [1.807, 2.05) is 5.32 Å². The van der Waals surface area contributed by atoms with Crippen molar-refractivity contribution in [3.05, 3.63) is 35.1 Å². The maximum atomic E-state index is 13.2. The van der Waals surface area contributed by atoms with E-state index in [-0.39, 0.29) is 0 Å². The van der Waals surface area contributed by atoms with E-state index < -0.39 is 40.2 Å². The number of rotatable bonds is 3. The van der Waals surface area contributed by atoms with Gasteiger partial charge in [-0.3, -0.25) is 9.59 Å². The molecule has 0 aromatic heterocycles. The van der Waals surface area contributed by atoms with Crippen LogP contribution in [0.1, 0.15) is 17.3 Å². The molecule has 0 saturated carbocycles. The van der Waals surface area contributed by atoms with E-state index in [0.29, 0.717) is 6.07 Å². The van der Waals surface area contributed by atoms with Gasteiger partial charge in [-0.25, -0.2) is 13.2 Å². The summed E-state index contributed by atoms with van der Waals surface area (Å²) < 4.78 is 38.6. The normalized spacial score (nSPS) is 12.1. The fraction of sp³-hybridized carbons (Fsp3) is 0.200. The maximum Gasteiger partial charge on any atom is 0.254 e. The summed E-state index contributed by atoms with van der Waals surface area (Å²) in [7, 11) is 0. The molecule has 0 spiro atoms. The van der Waals surface area contributed by atoms with Crippen LogP contribution in [0, 0.1) is 17.5 Å². The second-order valence-electron chi connectivity index (χ2n) is 3.22. The Morgan fingerprint density at radius 1 is 1.24 bits per heavy atom. The van der Waals surface area contributed by atoms with Crippen LogP contribution in [0.5, 0.6) is 0 Å². The number of nitrogens with one attached hydrogen (secondary N) is 1. The minimum Gasteiger partial charge on any atom is -0.341 e. The first-order chi connectivity index (χ1) is 7.84. The zero-order chi connectivity index (χ0) is 13.2. The largest absolute Gasteiger partial charge is 0.341 e. The van der Waals surface area contributed by atoms with Crippen LogP contribution >= 0.6 is 11.6 Å². The smallest absolute Gasteiger partial charge is 0.254 e. The lowest BCUT2D eigenvalue weighted by atomic mass is 10.1. The number of carbonyl (C=O) groups excluding carboxylic acids is 2. The summed E-state index contributed by atoms with van der Waals surface area (Å²) in [6.07, 6.45) is 0. The van der Waals surface area contributed by atoms with Crippen molar-refractivity contribution in [1.29, 1.82) is 0 Å². The van der Waals surface area contributed by atoms with Gasteiger partial charge in [-0.1, -0.05) is 0 Å². The van der Waals surface area contributed by atoms with Crippen LogP contribution < -0.4 is 5.32 Å². The van der Waals surface area contributed by atoms with Crippen molar-refractivity contribution in [2.45, 2.75) is 13.0 Å². The van der Waals surface area contributed by atoms with Crippen molar-refractivity contribution < 1.29 is 22.8 Å². The molecule has 0 aliphatic heterocycles. The molecule has 3 nitrogen and oxygen atoms in total. The van der Waals surface area contributed by atoms with Crippen molar-refractivity contribution in [2.24, 2.45) is 0 Å². The first-order valence-electron chi connectivity index (χ1n) is 4.48. The SMILES string of the molecule is CC(NC(=O)c1ccc(F)c(F)c1F)C(=O)Cl. The number of hydrogen-bond acceptors (Lipinski definition) is 2. The lowest BCUT2D eigenvalue weighted by molar-refractivity contribution is -0.113. The Morgan fingerprint density at radius 2 is 1.82 bits per heavy atom. The first-order valence-corrected chi connectivity index (χ1v) is 4.86. The second-order valence-corrected chi connectivity index (χ2v) is 3.59. The van der Waals surface area contributed by atoms with E-state index in [1.165, 1.54) is 6.92 Å². The molecule has 0 aliphatic rings. The molecule has 0 heterocycles. The predicted molar refractivity (Wildman–Crippen MR) is 54.1 cm³/mol. The van der Waals surface area contributed by atoms with Gasteiger partial charge < -0.3 is 5.32 Å². The monoisotopic (exact) mass is 265 g/mol. The van der Waals surface area contributed by atoms with Crippen LogP contribution in [0.4, 0.5) is 13.2 Å². The molecule has 1 rings (SSSR count). The number of carbonyl (C=O) groups is 2. The minimum atomic E-state index is -1.75. The van der Waals surface area contributed by atoms with Crippen LogP contribution in [-0.2, 0) is 4.79 Å². The highest BCUT2D eigenvalue weighted by Crippen LogP contribution is 2.15. The van der Waals surface area contributed by atoms with Gasteiger partial charge in [0, 0.05) is 0 Å². The van der Waals surface area contributed by atoms with Crippen molar-refractivity contribution in [2.75, 3.05) is 0 Å². The van der Waals surface area contributed by atoms with E-state index in [9.17, 15) is 22.8 Å². The number of halogens is 4. The van der Waals surface area contributed by atoms with E-state index >= 15 is 0 Å². The standard InChI is InChI=1S/C10H7ClF3NO2/c1-4(9(11)16)15-10(17)5-2-3-6(12)8(14)7(5)13/h2-4H,1H3,(H,15,17). The average Bonchev–Trinajstić information content (AvgIpc) is 2.25. The third kappa shape index (κ3) is 2.97. The predicted octanol–water partition coefficient (Wildman–Crippen LogP) is 1.99. The number of benzene rings is 1. The summed E-state index contributed by atoms with van der Waals surface area (Å²) in [4.78, 5) is 22.0. The van der Waals surface area contributed by atoms with Gasteiger partial charge in [0.05, 0.1) is 5.56 Å². The molecule has 1 atom stereocenters. The van der Waals surface area contributed by atoms with Gasteiger partial charge in [0.2, 0.25) is 5.24 Å². The molecule has 0 bridgehead atoms. The third-order valence-electron chi connectivity index (χ3n) is 1.97. The lowest BCUT2D eigenvalue weighted by Gasteiger charge is -2.10. The van der Waals surface area contributed by atoms with Gasteiger partial charge in [-0.2, -0.15) is 0 Å². The van der Waals surface area contributed by atoms with Gasteiger partial charge in [0.1, 0.15) is 6.04 Å². The molecule has 1 unspecified atom stereocenters. The van der Waals surface area contributed by atoms with Gasteiger partial charge in [-0.15, -0.1) is 0 Å². The van der Waals surface area contributed by atoms with Crippen molar-refractivity contribution >= 4 is 22.8 Å². The van der Waals surface area contributed by atoms with Crippen molar-refractivity contribution in [3.8, 4) is 0 Å². The Balaban J connectivity index is 2.98. The lowest BCUT2D eigenvalue weighted by Crippen LogP contribution is -2.37. The maximum absolute atomic E-state index is 13.2. The molecular formula is C10H7ClF3NO2. The summed E-state index contributed by atoms with van der Waals surface area (Å²) in [6.45, 7) is 1.27. The van der Waals surface area contributed by atoms with Crippen molar-refractivity contribution in [1.82, 2.24) is 5.32 Å². The topological polar surface area (TPSA) is 46.2 Å². The molecule has 1 amide bonds. The molecule has 0 fully saturated rings. The second kappa shape index (κ2) is 5.18. The highest BCUT2D eigenvalue weighted by molar-refractivity contribution is 6.64. The molecule has 7 heteroatoms. The Hall–Kier alpha value is -1.56. The molecule has 0 aliphatic carbocycles. The Kier molecular flexibility index (Phi) is 4.11. The Bertz CT molecular complexity index is 479. The number of hydrogen-bond donors (Lipinski definition) is 1. The van der Waals surface area contributed by atoms with Crippen molar-refractivity contribution in [3.63, 3.8) is 0 Å². The molecule has 17 heavy (non-hydrogen) atoms. The van der Waals surface area contributed by atoms with E-state index in [0.717, 1.165) is 6.07 Å². The van der Waals surface area contributed by atoms with Crippen LogP contribution in [0.3, 0.4) is 0 Å². The summed E-state index contributed by atoms with van der Waals surface area (Å²) in [5, 5.41) is 1.17. The van der Waals surface area contributed by atoms with Gasteiger partial charge >= 0.3 is 0 Å². The summed E-state index contributed by atoms with van der Waals surface area (Å²) in [6, 6.07) is 0.325. The van der Waals surface area contributed by atoms with Gasteiger partial charge in [0.25, 0.3) is 5.91 Å².